The number of benzene rings is 1. The zero-order chi connectivity index (χ0) is 12.4. The molecular formula is C13H15N3O. The average Bonchev–Trinajstić information content (AvgIpc) is 2.58. The minimum absolute atomic E-state index is 0.241. The molecule has 4 nitrogen and oxygen atoms in total. The quantitative estimate of drug-likeness (QED) is 0.867. The van der Waals surface area contributed by atoms with Crippen LogP contribution in [0.3, 0.4) is 0 Å². The van der Waals surface area contributed by atoms with Gasteiger partial charge in [0.05, 0.1) is 17.8 Å². The van der Waals surface area contributed by atoms with Gasteiger partial charge in [0.1, 0.15) is 0 Å². The second-order valence-corrected chi connectivity index (χ2v) is 4.04. The molecule has 2 rings (SSSR count). The fraction of sp³-hybridized carbons (Fsp3) is 0.231. The van der Waals surface area contributed by atoms with Crippen LogP contribution in [-0.4, -0.2) is 15.7 Å². The molecule has 0 atom stereocenters. The van der Waals surface area contributed by atoms with Crippen molar-refractivity contribution in [1.29, 1.82) is 0 Å². The molecule has 17 heavy (non-hydrogen) atoms. The lowest BCUT2D eigenvalue weighted by molar-refractivity contribution is -0.117. The molecule has 0 aliphatic rings. The van der Waals surface area contributed by atoms with Gasteiger partial charge >= 0.3 is 0 Å². The van der Waals surface area contributed by atoms with Crippen molar-refractivity contribution in [2.75, 3.05) is 0 Å². The number of aromatic nitrogens is 2. The highest BCUT2D eigenvalue weighted by atomic mass is 16.1. The van der Waals surface area contributed by atoms with Gasteiger partial charge in [0, 0.05) is 11.3 Å². The van der Waals surface area contributed by atoms with Crippen molar-refractivity contribution >= 4 is 5.91 Å². The molecule has 1 amide bonds. The van der Waals surface area contributed by atoms with Crippen molar-refractivity contribution in [1.82, 2.24) is 9.78 Å². The van der Waals surface area contributed by atoms with Gasteiger partial charge in [0.2, 0.25) is 5.91 Å². The number of primary amides is 1. The van der Waals surface area contributed by atoms with Crippen LogP contribution in [0.5, 0.6) is 0 Å². The van der Waals surface area contributed by atoms with Crippen LogP contribution >= 0.6 is 0 Å². The number of rotatable bonds is 3. The van der Waals surface area contributed by atoms with Gasteiger partial charge in [-0.05, 0) is 26.0 Å². The number of nitrogens with two attached hydrogens (primary N) is 1. The topological polar surface area (TPSA) is 60.9 Å². The molecule has 2 aromatic rings. The van der Waals surface area contributed by atoms with Crippen LogP contribution in [-0.2, 0) is 11.2 Å². The van der Waals surface area contributed by atoms with E-state index >= 15 is 0 Å². The van der Waals surface area contributed by atoms with Gasteiger partial charge in [-0.3, -0.25) is 4.79 Å². The lowest BCUT2D eigenvalue weighted by Crippen LogP contribution is -2.14. The summed E-state index contributed by atoms with van der Waals surface area (Å²) >= 11 is 0. The molecule has 88 valence electrons. The molecule has 0 aliphatic carbocycles. The van der Waals surface area contributed by atoms with Crippen LogP contribution in [0.1, 0.15) is 17.0 Å². The Morgan fingerprint density at radius 1 is 1.29 bits per heavy atom. The molecule has 0 saturated carbocycles. The molecule has 2 N–H and O–H groups in total. The maximum Gasteiger partial charge on any atom is 0.221 e. The lowest BCUT2D eigenvalue weighted by atomic mass is 10.1. The summed E-state index contributed by atoms with van der Waals surface area (Å²) in [6.45, 7) is 3.84. The maximum atomic E-state index is 11.0. The summed E-state index contributed by atoms with van der Waals surface area (Å²) in [6.07, 6.45) is 0.241. The van der Waals surface area contributed by atoms with E-state index in [0.717, 1.165) is 22.6 Å². The number of carbonyl (C=O) groups is 1. The number of carbonyl (C=O) groups excluding carboxylic acids is 1. The molecule has 0 aliphatic heterocycles. The zero-order valence-electron chi connectivity index (χ0n) is 9.97. The van der Waals surface area contributed by atoms with E-state index < -0.39 is 0 Å². The van der Waals surface area contributed by atoms with E-state index in [-0.39, 0.29) is 12.3 Å². The molecule has 1 heterocycles. The monoisotopic (exact) mass is 229 g/mol. The highest BCUT2D eigenvalue weighted by molar-refractivity contribution is 5.77. The second-order valence-electron chi connectivity index (χ2n) is 4.04. The van der Waals surface area contributed by atoms with Crippen LogP contribution in [0.15, 0.2) is 30.3 Å². The van der Waals surface area contributed by atoms with Crippen molar-refractivity contribution in [3.63, 3.8) is 0 Å². The van der Waals surface area contributed by atoms with Crippen molar-refractivity contribution in [2.24, 2.45) is 5.73 Å². The molecule has 0 fully saturated rings. The third kappa shape index (κ3) is 2.20. The Morgan fingerprint density at radius 2 is 1.94 bits per heavy atom. The van der Waals surface area contributed by atoms with E-state index in [1.54, 1.807) is 0 Å². The largest absolute Gasteiger partial charge is 0.369 e. The molecule has 0 spiro atoms. The van der Waals surface area contributed by atoms with E-state index in [1.165, 1.54) is 0 Å². The number of hydrogen-bond acceptors (Lipinski definition) is 2. The Balaban J connectivity index is 2.48. The Labute approximate surface area is 100 Å². The van der Waals surface area contributed by atoms with E-state index in [2.05, 4.69) is 5.10 Å². The number of nitrogens with zero attached hydrogens (tertiary/aromatic N) is 2. The minimum Gasteiger partial charge on any atom is -0.369 e. The van der Waals surface area contributed by atoms with Gasteiger partial charge in [-0.15, -0.1) is 0 Å². The van der Waals surface area contributed by atoms with E-state index in [0.29, 0.717) is 0 Å². The van der Waals surface area contributed by atoms with E-state index in [1.807, 2.05) is 48.9 Å². The molecule has 4 heteroatoms. The summed E-state index contributed by atoms with van der Waals surface area (Å²) in [6, 6.07) is 9.83. The van der Waals surface area contributed by atoms with Gasteiger partial charge in [-0.2, -0.15) is 5.10 Å². The molecule has 0 radical (unpaired) electrons. The number of aryl methyl sites for hydroxylation is 1. The first-order chi connectivity index (χ1) is 8.09. The van der Waals surface area contributed by atoms with Gasteiger partial charge in [0.25, 0.3) is 0 Å². The van der Waals surface area contributed by atoms with Crippen molar-refractivity contribution in [2.45, 2.75) is 20.3 Å². The summed E-state index contributed by atoms with van der Waals surface area (Å²) in [5, 5.41) is 4.44. The number of amides is 1. The third-order valence-corrected chi connectivity index (χ3v) is 2.79. The normalized spacial score (nSPS) is 10.5. The van der Waals surface area contributed by atoms with Crippen LogP contribution in [0, 0.1) is 13.8 Å². The number of hydrogen-bond donors (Lipinski definition) is 1. The first kappa shape index (κ1) is 11.4. The highest BCUT2D eigenvalue weighted by Crippen LogP contribution is 2.17. The van der Waals surface area contributed by atoms with E-state index in [9.17, 15) is 4.79 Å². The Kier molecular flexibility index (Phi) is 2.95. The first-order valence-electron chi connectivity index (χ1n) is 5.48. The molecule has 0 bridgehead atoms. The van der Waals surface area contributed by atoms with Crippen LogP contribution < -0.4 is 5.73 Å². The van der Waals surface area contributed by atoms with Crippen molar-refractivity contribution in [3.05, 3.63) is 47.3 Å². The Morgan fingerprint density at radius 3 is 2.53 bits per heavy atom. The summed E-state index contributed by atoms with van der Waals surface area (Å²) in [5.41, 5.74) is 8.96. The fourth-order valence-corrected chi connectivity index (χ4v) is 1.93. The Hall–Kier alpha value is -2.10. The second kappa shape index (κ2) is 4.41. The molecule has 0 saturated heterocycles. The smallest absolute Gasteiger partial charge is 0.221 e. The zero-order valence-corrected chi connectivity index (χ0v) is 9.97. The summed E-state index contributed by atoms with van der Waals surface area (Å²) in [4.78, 5) is 11.0. The van der Waals surface area contributed by atoms with Crippen molar-refractivity contribution in [3.8, 4) is 5.69 Å². The van der Waals surface area contributed by atoms with Gasteiger partial charge in [0.15, 0.2) is 0 Å². The first-order valence-corrected chi connectivity index (χ1v) is 5.48. The van der Waals surface area contributed by atoms with Gasteiger partial charge in [-0.1, -0.05) is 18.2 Å². The average molecular weight is 229 g/mol. The van der Waals surface area contributed by atoms with Crippen molar-refractivity contribution < 1.29 is 4.79 Å². The molecular weight excluding hydrogens is 214 g/mol. The maximum absolute atomic E-state index is 11.0. The Bertz CT molecular complexity index is 543. The predicted octanol–water partition coefficient (Wildman–Crippen LogP) is 1.52. The lowest BCUT2D eigenvalue weighted by Gasteiger charge is -2.04. The van der Waals surface area contributed by atoms with Gasteiger partial charge in [-0.25, -0.2) is 4.68 Å². The summed E-state index contributed by atoms with van der Waals surface area (Å²) in [7, 11) is 0. The van der Waals surface area contributed by atoms with Crippen LogP contribution in [0.25, 0.3) is 5.69 Å². The summed E-state index contributed by atoms with van der Waals surface area (Å²) in [5.74, 6) is -0.330. The predicted molar refractivity (Wildman–Crippen MR) is 65.9 cm³/mol. The fourth-order valence-electron chi connectivity index (χ4n) is 1.93. The highest BCUT2D eigenvalue weighted by Gasteiger charge is 2.14. The standard InChI is InChI=1S/C13H15N3O/c1-9-12(8-13(14)17)10(2)16(15-9)11-6-4-3-5-7-11/h3-7H,8H2,1-2H3,(H2,14,17). The van der Waals surface area contributed by atoms with E-state index in [4.69, 9.17) is 5.73 Å². The molecule has 1 aromatic carbocycles. The van der Waals surface area contributed by atoms with Crippen LogP contribution in [0.2, 0.25) is 0 Å². The summed E-state index contributed by atoms with van der Waals surface area (Å²) < 4.78 is 1.84. The van der Waals surface area contributed by atoms with Crippen LogP contribution in [0.4, 0.5) is 0 Å². The molecule has 0 unspecified atom stereocenters. The third-order valence-electron chi connectivity index (χ3n) is 2.79. The minimum atomic E-state index is -0.330. The SMILES string of the molecule is Cc1nn(-c2ccccc2)c(C)c1CC(N)=O. The number of para-hydroxylation sites is 1. The molecule has 1 aromatic heterocycles. The van der Waals surface area contributed by atoms with Gasteiger partial charge < -0.3 is 5.73 Å².